The van der Waals surface area contributed by atoms with Gasteiger partial charge in [0.1, 0.15) is 0 Å². The summed E-state index contributed by atoms with van der Waals surface area (Å²) in [7, 11) is 5.62. The zero-order chi connectivity index (χ0) is 23.3. The van der Waals surface area contributed by atoms with Crippen molar-refractivity contribution in [2.45, 2.75) is 26.5 Å². The van der Waals surface area contributed by atoms with E-state index in [9.17, 15) is 4.79 Å². The van der Waals surface area contributed by atoms with Crippen molar-refractivity contribution in [2.24, 2.45) is 0 Å². The molecule has 33 heavy (non-hydrogen) atoms. The minimum absolute atomic E-state index is 0.0407. The SMILES string of the molecule is COc1cc2c(cc1OC(C)C)c(=O)n(CCN(C)C)c1c3cc4c(cc3ccc21)OCO4. The molecule has 1 aromatic heterocycles. The van der Waals surface area contributed by atoms with Crippen molar-refractivity contribution in [2.75, 3.05) is 34.5 Å². The number of aromatic nitrogens is 1. The second-order valence-electron chi connectivity index (χ2n) is 8.86. The number of hydrogen-bond donors (Lipinski definition) is 0. The standard InChI is InChI=1S/C26H28N2O5/c1-15(2)33-24-13-20-19(12-21(24)30-5)17-7-6-16-10-22-23(32-14-31-22)11-18(16)25(17)28(26(20)29)9-8-27(3)4/h6-7,10-13,15H,8-9,14H2,1-5H3. The first-order chi connectivity index (χ1) is 15.9. The number of rotatable bonds is 6. The number of ether oxygens (including phenoxy) is 4. The smallest absolute Gasteiger partial charge is 0.259 e. The Bertz CT molecular complexity index is 1440. The van der Waals surface area contributed by atoms with Gasteiger partial charge in [0.25, 0.3) is 5.56 Å². The van der Waals surface area contributed by atoms with Gasteiger partial charge in [-0.05, 0) is 57.6 Å². The van der Waals surface area contributed by atoms with Gasteiger partial charge in [0.05, 0.1) is 24.1 Å². The Morgan fingerprint density at radius 3 is 2.39 bits per heavy atom. The first-order valence-corrected chi connectivity index (χ1v) is 11.1. The van der Waals surface area contributed by atoms with Crippen LogP contribution in [0.2, 0.25) is 0 Å². The van der Waals surface area contributed by atoms with Crippen molar-refractivity contribution >= 4 is 32.4 Å². The van der Waals surface area contributed by atoms with E-state index in [4.69, 9.17) is 18.9 Å². The quantitative estimate of drug-likeness (QED) is 0.408. The maximum Gasteiger partial charge on any atom is 0.259 e. The topological polar surface area (TPSA) is 62.2 Å². The monoisotopic (exact) mass is 448 g/mol. The average Bonchev–Trinajstić information content (AvgIpc) is 3.24. The van der Waals surface area contributed by atoms with Gasteiger partial charge < -0.3 is 28.4 Å². The molecule has 0 spiro atoms. The summed E-state index contributed by atoms with van der Waals surface area (Å²) in [5.74, 6) is 2.59. The van der Waals surface area contributed by atoms with E-state index in [1.54, 1.807) is 7.11 Å². The van der Waals surface area contributed by atoms with E-state index in [0.717, 1.165) is 39.4 Å². The molecular formula is C26H28N2O5. The lowest BCUT2D eigenvalue weighted by Gasteiger charge is -2.19. The molecule has 0 fully saturated rings. The number of fused-ring (bicyclic) bond motifs is 6. The van der Waals surface area contributed by atoms with Crippen molar-refractivity contribution in [3.05, 3.63) is 46.8 Å². The normalized spacial score (nSPS) is 13.1. The van der Waals surface area contributed by atoms with E-state index < -0.39 is 0 Å². The van der Waals surface area contributed by atoms with Gasteiger partial charge in [0.2, 0.25) is 6.79 Å². The fraction of sp³-hybridized carbons (Fsp3) is 0.346. The van der Waals surface area contributed by atoms with Crippen LogP contribution in [0.4, 0.5) is 0 Å². The molecule has 0 N–H and O–H groups in total. The van der Waals surface area contributed by atoms with E-state index in [2.05, 4.69) is 17.0 Å². The number of pyridine rings is 1. The molecule has 172 valence electrons. The van der Waals surface area contributed by atoms with Crippen molar-refractivity contribution in [1.82, 2.24) is 9.47 Å². The van der Waals surface area contributed by atoms with Gasteiger partial charge in [0, 0.05) is 29.2 Å². The van der Waals surface area contributed by atoms with Crippen LogP contribution in [0.15, 0.2) is 41.2 Å². The predicted molar refractivity (Wildman–Crippen MR) is 130 cm³/mol. The van der Waals surface area contributed by atoms with Crippen LogP contribution in [0.5, 0.6) is 23.0 Å². The molecule has 2 heterocycles. The van der Waals surface area contributed by atoms with E-state index in [0.29, 0.717) is 29.2 Å². The lowest BCUT2D eigenvalue weighted by atomic mass is 9.99. The van der Waals surface area contributed by atoms with Crippen molar-refractivity contribution in [3.63, 3.8) is 0 Å². The molecule has 0 radical (unpaired) electrons. The summed E-state index contributed by atoms with van der Waals surface area (Å²) in [5, 5.41) is 4.37. The van der Waals surface area contributed by atoms with Crippen LogP contribution in [-0.2, 0) is 6.54 Å². The summed E-state index contributed by atoms with van der Waals surface area (Å²) in [6, 6.07) is 11.8. The van der Waals surface area contributed by atoms with Gasteiger partial charge in [-0.1, -0.05) is 12.1 Å². The molecule has 0 aliphatic carbocycles. The lowest BCUT2D eigenvalue weighted by Crippen LogP contribution is -2.27. The summed E-state index contributed by atoms with van der Waals surface area (Å²) < 4.78 is 24.7. The largest absolute Gasteiger partial charge is 0.493 e. The maximum atomic E-state index is 13.9. The fourth-order valence-electron chi connectivity index (χ4n) is 4.43. The molecule has 7 nitrogen and oxygen atoms in total. The minimum atomic E-state index is -0.0548. The van der Waals surface area contributed by atoms with Crippen LogP contribution in [0.3, 0.4) is 0 Å². The highest BCUT2D eigenvalue weighted by Crippen LogP contribution is 2.41. The Morgan fingerprint density at radius 2 is 1.70 bits per heavy atom. The highest BCUT2D eigenvalue weighted by molar-refractivity contribution is 6.16. The maximum absolute atomic E-state index is 13.9. The van der Waals surface area contributed by atoms with Gasteiger partial charge in [0.15, 0.2) is 23.0 Å². The summed E-state index contributed by atoms with van der Waals surface area (Å²) in [6.45, 7) is 5.40. The van der Waals surface area contributed by atoms with Crippen molar-refractivity contribution in [1.29, 1.82) is 0 Å². The van der Waals surface area contributed by atoms with Crippen LogP contribution in [0.1, 0.15) is 13.8 Å². The fourth-order valence-corrected chi connectivity index (χ4v) is 4.43. The molecule has 0 unspecified atom stereocenters. The van der Waals surface area contributed by atoms with Gasteiger partial charge >= 0.3 is 0 Å². The molecule has 7 heteroatoms. The molecule has 4 aromatic rings. The average molecular weight is 449 g/mol. The van der Waals surface area contributed by atoms with Gasteiger partial charge in [-0.3, -0.25) is 4.79 Å². The van der Waals surface area contributed by atoms with Crippen LogP contribution < -0.4 is 24.5 Å². The third kappa shape index (κ3) is 3.62. The van der Waals surface area contributed by atoms with Crippen LogP contribution in [-0.4, -0.2) is 50.1 Å². The van der Waals surface area contributed by atoms with Crippen molar-refractivity contribution in [3.8, 4) is 23.0 Å². The second-order valence-corrected chi connectivity index (χ2v) is 8.86. The van der Waals surface area contributed by atoms with E-state index >= 15 is 0 Å². The van der Waals surface area contributed by atoms with E-state index in [-0.39, 0.29) is 18.5 Å². The zero-order valence-electron chi connectivity index (χ0n) is 19.6. The number of methoxy groups -OCH3 is 1. The molecule has 0 atom stereocenters. The Kier molecular flexibility index (Phi) is 5.29. The Balaban J connectivity index is 1.90. The second kappa shape index (κ2) is 8.15. The molecular weight excluding hydrogens is 420 g/mol. The highest BCUT2D eigenvalue weighted by Gasteiger charge is 2.20. The molecule has 0 amide bonds. The summed E-state index contributed by atoms with van der Waals surface area (Å²) in [6.07, 6.45) is -0.0407. The van der Waals surface area contributed by atoms with E-state index in [1.807, 2.05) is 56.8 Å². The first kappa shape index (κ1) is 21.4. The zero-order valence-corrected chi connectivity index (χ0v) is 19.6. The number of hydrogen-bond acceptors (Lipinski definition) is 6. The van der Waals surface area contributed by atoms with E-state index in [1.165, 1.54) is 0 Å². The molecule has 0 bridgehead atoms. The molecule has 1 aliphatic rings. The Hall–Kier alpha value is -3.45. The summed E-state index contributed by atoms with van der Waals surface area (Å²) >= 11 is 0. The minimum Gasteiger partial charge on any atom is -0.493 e. The number of nitrogens with zero attached hydrogens (tertiary/aromatic N) is 2. The van der Waals surface area contributed by atoms with Crippen LogP contribution in [0.25, 0.3) is 32.4 Å². The third-order valence-electron chi connectivity index (χ3n) is 5.96. The van der Waals surface area contributed by atoms with Crippen LogP contribution in [0, 0.1) is 0 Å². The number of likely N-dealkylation sites (N-methyl/N-ethyl adjacent to an activating group) is 1. The molecule has 3 aromatic carbocycles. The van der Waals surface area contributed by atoms with Crippen LogP contribution >= 0.6 is 0 Å². The summed E-state index contributed by atoms with van der Waals surface area (Å²) in [4.78, 5) is 15.9. The molecule has 5 rings (SSSR count). The Morgan fingerprint density at radius 1 is 0.970 bits per heavy atom. The van der Waals surface area contributed by atoms with Gasteiger partial charge in [-0.15, -0.1) is 0 Å². The molecule has 0 saturated carbocycles. The number of benzene rings is 3. The predicted octanol–water partition coefficient (Wildman–Crippen LogP) is 4.39. The molecule has 1 aliphatic heterocycles. The highest BCUT2D eigenvalue weighted by atomic mass is 16.7. The summed E-state index contributed by atoms with van der Waals surface area (Å²) in [5.41, 5.74) is 0.825. The van der Waals surface area contributed by atoms with Crippen molar-refractivity contribution < 1.29 is 18.9 Å². The third-order valence-corrected chi connectivity index (χ3v) is 5.96. The molecule has 0 saturated heterocycles. The van der Waals surface area contributed by atoms with Gasteiger partial charge in [-0.25, -0.2) is 0 Å². The lowest BCUT2D eigenvalue weighted by molar-refractivity contribution is 0.174. The van der Waals surface area contributed by atoms with Gasteiger partial charge in [-0.2, -0.15) is 0 Å². The Labute approximate surface area is 192 Å². The first-order valence-electron chi connectivity index (χ1n) is 11.1.